The van der Waals surface area contributed by atoms with Crippen LogP contribution in [0.3, 0.4) is 0 Å². The lowest BCUT2D eigenvalue weighted by Crippen LogP contribution is -2.44. The predicted molar refractivity (Wildman–Crippen MR) is 91.7 cm³/mol. The number of fused-ring (bicyclic) bond motifs is 1. The molecule has 22 heavy (non-hydrogen) atoms. The second-order valence-electron chi connectivity index (χ2n) is 6.28. The lowest BCUT2D eigenvalue weighted by Gasteiger charge is -2.19. The third-order valence-electron chi connectivity index (χ3n) is 3.57. The summed E-state index contributed by atoms with van der Waals surface area (Å²) in [6.45, 7) is 6.41. The topological polar surface area (TPSA) is 52.0 Å². The second kappa shape index (κ2) is 5.07. The molecule has 2 heterocycles. The standard InChI is InChI=1S/C16H18N2O2SSi/c1-22(2,3)15-12-13-8-7-11-17-16(13)18(15)21(19,20)14-9-5-4-6-10-14/h4-12H,1-3H3. The van der Waals surface area contributed by atoms with Gasteiger partial charge in [0.05, 0.1) is 4.90 Å². The van der Waals surface area contributed by atoms with Crippen molar-refractivity contribution < 1.29 is 8.42 Å². The van der Waals surface area contributed by atoms with Crippen LogP contribution in [0.1, 0.15) is 0 Å². The van der Waals surface area contributed by atoms with Gasteiger partial charge in [-0.25, -0.2) is 17.4 Å². The Morgan fingerprint density at radius 2 is 1.68 bits per heavy atom. The molecule has 0 radical (unpaired) electrons. The van der Waals surface area contributed by atoms with Crippen LogP contribution in [0, 0.1) is 0 Å². The van der Waals surface area contributed by atoms with E-state index in [0.29, 0.717) is 5.65 Å². The summed E-state index contributed by atoms with van der Waals surface area (Å²) in [5, 5.41) is 1.73. The first kappa shape index (κ1) is 15.0. The molecule has 0 fully saturated rings. The van der Waals surface area contributed by atoms with Crippen molar-refractivity contribution in [3.63, 3.8) is 0 Å². The van der Waals surface area contributed by atoms with Gasteiger partial charge in [-0.15, -0.1) is 0 Å². The first-order valence-electron chi connectivity index (χ1n) is 7.09. The van der Waals surface area contributed by atoms with E-state index in [1.54, 1.807) is 30.5 Å². The minimum absolute atomic E-state index is 0.289. The van der Waals surface area contributed by atoms with Crippen LogP contribution in [0.15, 0.2) is 59.6 Å². The van der Waals surface area contributed by atoms with Gasteiger partial charge in [-0.3, -0.25) is 0 Å². The molecule has 0 spiro atoms. The third-order valence-corrected chi connectivity index (χ3v) is 7.36. The van der Waals surface area contributed by atoms with Crippen molar-refractivity contribution in [2.75, 3.05) is 0 Å². The van der Waals surface area contributed by atoms with Crippen molar-refractivity contribution in [1.29, 1.82) is 0 Å². The molecular formula is C16H18N2O2SSi. The molecule has 0 unspecified atom stereocenters. The molecule has 1 aromatic carbocycles. The highest BCUT2D eigenvalue weighted by Crippen LogP contribution is 2.21. The highest BCUT2D eigenvalue weighted by Gasteiger charge is 2.30. The summed E-state index contributed by atoms with van der Waals surface area (Å²) in [5.41, 5.74) is 0.503. The Hall–Kier alpha value is -1.92. The van der Waals surface area contributed by atoms with Crippen molar-refractivity contribution in [3.05, 3.63) is 54.7 Å². The monoisotopic (exact) mass is 330 g/mol. The van der Waals surface area contributed by atoms with Crippen LogP contribution in [0.2, 0.25) is 19.6 Å². The zero-order chi connectivity index (χ0) is 16.0. The van der Waals surface area contributed by atoms with Crippen LogP contribution < -0.4 is 5.32 Å². The van der Waals surface area contributed by atoms with Crippen molar-refractivity contribution in [1.82, 2.24) is 8.96 Å². The van der Waals surface area contributed by atoms with E-state index in [1.165, 1.54) is 3.97 Å². The van der Waals surface area contributed by atoms with Gasteiger partial charge in [0.25, 0.3) is 10.0 Å². The summed E-state index contributed by atoms with van der Waals surface area (Å²) < 4.78 is 27.7. The lowest BCUT2D eigenvalue weighted by atomic mass is 10.3. The van der Waals surface area contributed by atoms with Crippen molar-refractivity contribution in [2.45, 2.75) is 24.5 Å². The van der Waals surface area contributed by atoms with Crippen LogP contribution in [0.4, 0.5) is 0 Å². The van der Waals surface area contributed by atoms with E-state index in [0.717, 1.165) is 10.7 Å². The maximum absolute atomic E-state index is 13.1. The molecule has 0 saturated heterocycles. The molecule has 6 heteroatoms. The zero-order valence-electron chi connectivity index (χ0n) is 12.8. The summed E-state index contributed by atoms with van der Waals surface area (Å²) in [4.78, 5) is 4.60. The Morgan fingerprint density at radius 3 is 2.32 bits per heavy atom. The molecular weight excluding hydrogens is 312 g/mol. The number of rotatable bonds is 3. The summed E-state index contributed by atoms with van der Waals surface area (Å²) in [6.07, 6.45) is 1.63. The van der Waals surface area contributed by atoms with E-state index in [2.05, 4.69) is 24.6 Å². The van der Waals surface area contributed by atoms with Crippen LogP contribution in [-0.4, -0.2) is 25.4 Å². The second-order valence-corrected chi connectivity index (χ2v) is 13.1. The highest BCUT2D eigenvalue weighted by molar-refractivity contribution is 7.90. The number of pyridine rings is 1. The first-order valence-corrected chi connectivity index (χ1v) is 12.0. The van der Waals surface area contributed by atoms with E-state index in [9.17, 15) is 8.42 Å². The Labute approximate surface area is 131 Å². The third kappa shape index (κ3) is 2.38. The minimum atomic E-state index is -3.65. The molecule has 0 aliphatic heterocycles. The Bertz CT molecular complexity index is 926. The van der Waals surface area contributed by atoms with Gasteiger partial charge in [0.1, 0.15) is 8.07 Å². The van der Waals surface area contributed by atoms with Crippen molar-refractivity contribution in [3.8, 4) is 0 Å². The van der Waals surface area contributed by atoms with Gasteiger partial charge in [0.15, 0.2) is 5.65 Å². The molecule has 0 aliphatic rings. The number of hydrogen-bond donors (Lipinski definition) is 0. The molecule has 0 amide bonds. The lowest BCUT2D eigenvalue weighted by molar-refractivity contribution is 0.589. The molecule has 3 rings (SSSR count). The van der Waals surface area contributed by atoms with E-state index in [-0.39, 0.29) is 4.90 Å². The maximum Gasteiger partial charge on any atom is 0.269 e. The zero-order valence-corrected chi connectivity index (χ0v) is 14.6. The van der Waals surface area contributed by atoms with E-state index < -0.39 is 18.1 Å². The SMILES string of the molecule is C[Si](C)(C)c1cc2cccnc2n1S(=O)(=O)c1ccccc1. The quantitative estimate of drug-likeness (QED) is 0.694. The minimum Gasteiger partial charge on any atom is -0.237 e. The van der Waals surface area contributed by atoms with Gasteiger partial charge >= 0.3 is 0 Å². The van der Waals surface area contributed by atoms with Gasteiger partial charge in [-0.2, -0.15) is 0 Å². The number of benzene rings is 1. The van der Waals surface area contributed by atoms with Crippen molar-refractivity contribution >= 4 is 34.4 Å². The molecule has 2 aromatic heterocycles. The number of aromatic nitrogens is 2. The molecule has 0 N–H and O–H groups in total. The molecule has 114 valence electrons. The fourth-order valence-corrected chi connectivity index (χ4v) is 6.36. The predicted octanol–water partition coefficient (Wildman–Crippen LogP) is 2.82. The van der Waals surface area contributed by atoms with Crippen LogP contribution in [0.5, 0.6) is 0 Å². The summed E-state index contributed by atoms with van der Waals surface area (Å²) >= 11 is 0. The van der Waals surface area contributed by atoms with E-state index in [1.807, 2.05) is 24.3 Å². The van der Waals surface area contributed by atoms with Crippen LogP contribution in [-0.2, 0) is 10.0 Å². The van der Waals surface area contributed by atoms with Gasteiger partial charge in [0.2, 0.25) is 0 Å². The number of nitrogens with zero attached hydrogens (tertiary/aromatic N) is 2. The first-order chi connectivity index (χ1) is 10.3. The Kier molecular flexibility index (Phi) is 3.45. The normalized spacial score (nSPS) is 12.7. The van der Waals surface area contributed by atoms with Gasteiger partial charge in [-0.1, -0.05) is 37.8 Å². The smallest absolute Gasteiger partial charge is 0.237 e. The summed E-state index contributed by atoms with van der Waals surface area (Å²) in [5.74, 6) is 0. The van der Waals surface area contributed by atoms with Gasteiger partial charge < -0.3 is 0 Å². The fraction of sp³-hybridized carbons (Fsp3) is 0.188. The average molecular weight is 330 g/mol. The summed E-state index contributed by atoms with van der Waals surface area (Å²) in [6, 6.07) is 14.2. The largest absolute Gasteiger partial charge is 0.269 e. The van der Waals surface area contributed by atoms with Gasteiger partial charge in [0, 0.05) is 16.9 Å². The molecule has 0 atom stereocenters. The van der Waals surface area contributed by atoms with E-state index in [4.69, 9.17) is 0 Å². The molecule has 0 bridgehead atoms. The average Bonchev–Trinajstić information content (AvgIpc) is 2.88. The van der Waals surface area contributed by atoms with Crippen LogP contribution >= 0.6 is 0 Å². The Balaban J connectivity index is 2.39. The summed E-state index contributed by atoms with van der Waals surface area (Å²) in [7, 11) is -5.51. The highest BCUT2D eigenvalue weighted by atomic mass is 32.2. The molecule has 4 nitrogen and oxygen atoms in total. The molecule has 0 aliphatic carbocycles. The fourth-order valence-electron chi connectivity index (χ4n) is 2.47. The molecule has 3 aromatic rings. The maximum atomic E-state index is 13.1. The Morgan fingerprint density at radius 1 is 1.00 bits per heavy atom. The van der Waals surface area contributed by atoms with Gasteiger partial charge in [-0.05, 0) is 30.3 Å². The number of hydrogen-bond acceptors (Lipinski definition) is 3. The van der Waals surface area contributed by atoms with Crippen LogP contribution in [0.25, 0.3) is 11.0 Å². The van der Waals surface area contributed by atoms with Crippen molar-refractivity contribution in [2.24, 2.45) is 0 Å². The van der Waals surface area contributed by atoms with E-state index >= 15 is 0 Å². The molecule has 0 saturated carbocycles.